The van der Waals surface area contributed by atoms with Gasteiger partial charge >= 0.3 is 0 Å². The maximum absolute atomic E-state index is 5.87. The smallest absolute Gasteiger partial charge is 0.0306 e. The van der Waals surface area contributed by atoms with Crippen molar-refractivity contribution in [2.45, 2.75) is 59.0 Å². The van der Waals surface area contributed by atoms with Crippen molar-refractivity contribution < 1.29 is 0 Å². The normalized spacial score (nSPS) is 16.6. The molecule has 0 aliphatic carbocycles. The summed E-state index contributed by atoms with van der Waals surface area (Å²) in [6, 6.07) is 0.588. The van der Waals surface area contributed by atoms with Gasteiger partial charge in [-0.2, -0.15) is 0 Å². The van der Waals surface area contributed by atoms with E-state index in [9.17, 15) is 0 Å². The van der Waals surface area contributed by atoms with Crippen molar-refractivity contribution in [3.8, 4) is 0 Å². The monoisotopic (exact) mass is 186 g/mol. The van der Waals surface area contributed by atoms with Crippen LogP contribution >= 0.6 is 0 Å². The first kappa shape index (κ1) is 12.9. The number of nitrogens with zero attached hydrogens (tertiary/aromatic N) is 1. The summed E-state index contributed by atoms with van der Waals surface area (Å²) in [5.41, 5.74) is 6.06. The van der Waals surface area contributed by atoms with E-state index in [2.05, 4.69) is 39.5 Å². The quantitative estimate of drug-likeness (QED) is 0.689. The van der Waals surface area contributed by atoms with Crippen LogP contribution in [0.1, 0.15) is 47.5 Å². The van der Waals surface area contributed by atoms with E-state index in [4.69, 9.17) is 5.73 Å². The van der Waals surface area contributed by atoms with Crippen LogP contribution in [0.3, 0.4) is 0 Å². The van der Waals surface area contributed by atoms with Gasteiger partial charge in [-0.1, -0.05) is 20.3 Å². The van der Waals surface area contributed by atoms with E-state index in [0.29, 0.717) is 6.04 Å². The van der Waals surface area contributed by atoms with E-state index in [-0.39, 0.29) is 5.54 Å². The Labute approximate surface area is 83.5 Å². The molecule has 2 nitrogen and oxygen atoms in total. The zero-order valence-corrected chi connectivity index (χ0v) is 9.93. The minimum Gasteiger partial charge on any atom is -0.329 e. The molecule has 0 heterocycles. The molecule has 0 bridgehead atoms. The number of likely N-dealkylation sites (N-methyl/N-ethyl adjacent to an activating group) is 1. The largest absolute Gasteiger partial charge is 0.329 e. The first-order chi connectivity index (χ1) is 6.01. The first-order valence-electron chi connectivity index (χ1n) is 5.48. The van der Waals surface area contributed by atoms with Gasteiger partial charge in [0.1, 0.15) is 0 Å². The van der Waals surface area contributed by atoms with Gasteiger partial charge in [-0.15, -0.1) is 0 Å². The predicted molar refractivity (Wildman–Crippen MR) is 59.9 cm³/mol. The molecule has 0 aliphatic rings. The minimum absolute atomic E-state index is 0.192. The van der Waals surface area contributed by atoms with Gasteiger partial charge in [0, 0.05) is 18.1 Å². The fraction of sp³-hybridized carbons (Fsp3) is 1.00. The summed E-state index contributed by atoms with van der Waals surface area (Å²) in [5.74, 6) is 0. The highest BCUT2D eigenvalue weighted by molar-refractivity contribution is 4.88. The molecule has 0 aromatic carbocycles. The number of hydrogen-bond acceptors (Lipinski definition) is 2. The third kappa shape index (κ3) is 3.28. The van der Waals surface area contributed by atoms with Crippen LogP contribution in [0.5, 0.6) is 0 Å². The highest BCUT2D eigenvalue weighted by atomic mass is 15.2. The lowest BCUT2D eigenvalue weighted by Gasteiger charge is -2.43. The lowest BCUT2D eigenvalue weighted by atomic mass is 9.92. The molecule has 0 aromatic heterocycles. The average Bonchev–Trinajstić information content (AvgIpc) is 2.05. The van der Waals surface area contributed by atoms with E-state index in [1.165, 1.54) is 12.8 Å². The number of hydrogen-bond donors (Lipinski definition) is 1. The van der Waals surface area contributed by atoms with Crippen molar-refractivity contribution in [1.82, 2.24) is 4.90 Å². The summed E-state index contributed by atoms with van der Waals surface area (Å²) < 4.78 is 0. The topological polar surface area (TPSA) is 29.3 Å². The Bertz CT molecular complexity index is 134. The molecule has 1 atom stereocenters. The molecular weight excluding hydrogens is 160 g/mol. The van der Waals surface area contributed by atoms with Crippen LogP contribution in [-0.2, 0) is 0 Å². The second kappa shape index (κ2) is 5.61. The van der Waals surface area contributed by atoms with Gasteiger partial charge in [0.05, 0.1) is 0 Å². The van der Waals surface area contributed by atoms with Gasteiger partial charge < -0.3 is 5.73 Å². The molecular formula is C11H26N2. The van der Waals surface area contributed by atoms with E-state index in [1.54, 1.807) is 0 Å². The van der Waals surface area contributed by atoms with Crippen molar-refractivity contribution in [1.29, 1.82) is 0 Å². The van der Waals surface area contributed by atoms with E-state index in [1.807, 2.05) is 0 Å². The highest BCUT2D eigenvalue weighted by Crippen LogP contribution is 2.22. The molecule has 0 aromatic rings. The summed E-state index contributed by atoms with van der Waals surface area (Å²) in [4.78, 5) is 2.50. The third-order valence-electron chi connectivity index (χ3n) is 2.89. The van der Waals surface area contributed by atoms with Gasteiger partial charge in [0.2, 0.25) is 0 Å². The highest BCUT2D eigenvalue weighted by Gasteiger charge is 2.29. The molecule has 80 valence electrons. The zero-order valence-electron chi connectivity index (χ0n) is 9.93. The van der Waals surface area contributed by atoms with Gasteiger partial charge in [-0.05, 0) is 33.7 Å². The van der Waals surface area contributed by atoms with Crippen LogP contribution in [0, 0.1) is 0 Å². The Balaban J connectivity index is 4.48. The average molecular weight is 186 g/mol. The van der Waals surface area contributed by atoms with Crippen LogP contribution in [0.15, 0.2) is 0 Å². The Kier molecular flexibility index (Phi) is 5.57. The number of rotatable bonds is 6. The maximum Gasteiger partial charge on any atom is 0.0306 e. The van der Waals surface area contributed by atoms with Gasteiger partial charge in [0.15, 0.2) is 0 Å². The summed E-state index contributed by atoms with van der Waals surface area (Å²) >= 11 is 0. The standard InChI is InChI=1S/C11H26N2/c1-6-8-11(5,9-12)13(7-2)10(3)4/h10H,6-9,12H2,1-5H3. The molecule has 0 radical (unpaired) electrons. The second-order valence-electron chi connectivity index (χ2n) is 4.33. The van der Waals surface area contributed by atoms with E-state index >= 15 is 0 Å². The van der Waals surface area contributed by atoms with Crippen LogP contribution in [0.25, 0.3) is 0 Å². The van der Waals surface area contributed by atoms with E-state index < -0.39 is 0 Å². The van der Waals surface area contributed by atoms with Crippen LogP contribution in [0.4, 0.5) is 0 Å². The van der Waals surface area contributed by atoms with Crippen molar-refractivity contribution in [2.75, 3.05) is 13.1 Å². The predicted octanol–water partition coefficient (Wildman–Crippen LogP) is 2.23. The Morgan fingerprint density at radius 1 is 1.31 bits per heavy atom. The van der Waals surface area contributed by atoms with Crippen LogP contribution in [-0.4, -0.2) is 29.6 Å². The SMILES string of the molecule is CCCC(C)(CN)N(CC)C(C)C. The molecule has 2 heteroatoms. The first-order valence-corrected chi connectivity index (χ1v) is 5.48. The van der Waals surface area contributed by atoms with Crippen LogP contribution in [0.2, 0.25) is 0 Å². The van der Waals surface area contributed by atoms with Crippen LogP contribution < -0.4 is 5.73 Å². The molecule has 0 saturated carbocycles. The summed E-state index contributed by atoms with van der Waals surface area (Å²) in [6.45, 7) is 13.0. The molecule has 2 N–H and O–H groups in total. The lowest BCUT2D eigenvalue weighted by molar-refractivity contribution is 0.0740. The molecule has 0 spiro atoms. The molecule has 13 heavy (non-hydrogen) atoms. The Hall–Kier alpha value is -0.0800. The second-order valence-corrected chi connectivity index (χ2v) is 4.33. The Morgan fingerprint density at radius 2 is 1.85 bits per heavy atom. The summed E-state index contributed by atoms with van der Waals surface area (Å²) in [7, 11) is 0. The van der Waals surface area contributed by atoms with Gasteiger partial charge in [-0.25, -0.2) is 0 Å². The summed E-state index contributed by atoms with van der Waals surface area (Å²) in [6.07, 6.45) is 2.40. The van der Waals surface area contributed by atoms with Gasteiger partial charge in [-0.3, -0.25) is 4.90 Å². The molecule has 0 rings (SSSR count). The minimum atomic E-state index is 0.192. The molecule has 1 unspecified atom stereocenters. The lowest BCUT2D eigenvalue weighted by Crippen LogP contribution is -2.54. The van der Waals surface area contributed by atoms with Crippen molar-refractivity contribution in [2.24, 2.45) is 5.73 Å². The molecule has 0 fully saturated rings. The molecule has 0 aliphatic heterocycles. The maximum atomic E-state index is 5.87. The third-order valence-corrected chi connectivity index (χ3v) is 2.89. The zero-order chi connectivity index (χ0) is 10.5. The Morgan fingerprint density at radius 3 is 2.08 bits per heavy atom. The molecule has 0 amide bonds. The van der Waals surface area contributed by atoms with Crippen molar-refractivity contribution >= 4 is 0 Å². The number of nitrogens with two attached hydrogens (primary N) is 1. The van der Waals surface area contributed by atoms with Crippen molar-refractivity contribution in [3.05, 3.63) is 0 Å². The fourth-order valence-electron chi connectivity index (χ4n) is 2.27. The van der Waals surface area contributed by atoms with Gasteiger partial charge in [0.25, 0.3) is 0 Å². The fourth-order valence-corrected chi connectivity index (χ4v) is 2.27. The van der Waals surface area contributed by atoms with Crippen molar-refractivity contribution in [3.63, 3.8) is 0 Å². The summed E-state index contributed by atoms with van der Waals surface area (Å²) in [5, 5.41) is 0. The molecule has 0 saturated heterocycles. The van der Waals surface area contributed by atoms with E-state index in [0.717, 1.165) is 13.1 Å².